The van der Waals surface area contributed by atoms with Crippen LogP contribution in [0.3, 0.4) is 0 Å². The van der Waals surface area contributed by atoms with Crippen LogP contribution in [-0.4, -0.2) is 136 Å². The molecule has 3 rings (SSSR count). The highest BCUT2D eigenvalue weighted by Gasteiger charge is 2.43. The van der Waals surface area contributed by atoms with Gasteiger partial charge in [-0.2, -0.15) is 23.5 Å². The van der Waals surface area contributed by atoms with Gasteiger partial charge in [-0.3, -0.25) is 24.6 Å². The Morgan fingerprint density at radius 1 is 0.782 bits per heavy atom. The molecule has 17 heteroatoms. The Hall–Kier alpha value is -3.54. The fourth-order valence-electron chi connectivity index (χ4n) is 6.47. The lowest BCUT2D eigenvalue weighted by atomic mass is 9.80. The van der Waals surface area contributed by atoms with Gasteiger partial charge in [0.05, 0.1) is 31.3 Å². The molecule has 0 spiro atoms. The number of benzene rings is 1. The number of urea groups is 2. The smallest absolute Gasteiger partial charge is 0.318 e. The number of ether oxygens (including phenoxy) is 1. The minimum atomic E-state index is -1.30. The molecule has 0 aromatic heterocycles. The van der Waals surface area contributed by atoms with Crippen molar-refractivity contribution in [3.63, 3.8) is 0 Å². The lowest BCUT2D eigenvalue weighted by Crippen LogP contribution is -2.60. The van der Waals surface area contributed by atoms with Crippen molar-refractivity contribution in [1.29, 1.82) is 0 Å². The van der Waals surface area contributed by atoms with E-state index in [2.05, 4.69) is 16.1 Å². The molecule has 2 aliphatic rings. The van der Waals surface area contributed by atoms with Gasteiger partial charge < -0.3 is 36.0 Å². The number of rotatable bonds is 19. The maximum Gasteiger partial charge on any atom is 0.318 e. The summed E-state index contributed by atoms with van der Waals surface area (Å²) in [6, 6.07) is 5.18. The highest BCUT2D eigenvalue weighted by atomic mass is 32.2. The van der Waals surface area contributed by atoms with Crippen molar-refractivity contribution in [2.75, 3.05) is 62.3 Å². The first-order valence-corrected chi connectivity index (χ1v) is 21.5. The van der Waals surface area contributed by atoms with E-state index in [-0.39, 0.29) is 42.9 Å². The van der Waals surface area contributed by atoms with Crippen molar-refractivity contribution in [3.8, 4) is 0 Å². The van der Waals surface area contributed by atoms with Crippen LogP contribution in [0.15, 0.2) is 30.3 Å². The molecule has 6 N–H and O–H groups in total. The molecule has 2 heterocycles. The molecule has 1 aromatic rings. The third-order valence-corrected chi connectivity index (χ3v) is 11.3. The first kappa shape index (κ1) is 45.8. The number of nitrogens with zero attached hydrogens (tertiary/aromatic N) is 3. The number of carbonyl (C=O) groups excluding carboxylic acids is 5. The molecule has 2 saturated heterocycles. The van der Waals surface area contributed by atoms with E-state index in [0.29, 0.717) is 31.7 Å². The Kier molecular flexibility index (Phi) is 19.1. The summed E-state index contributed by atoms with van der Waals surface area (Å²) in [4.78, 5) is 83.7. The third kappa shape index (κ3) is 14.8. The van der Waals surface area contributed by atoms with Gasteiger partial charge in [0.2, 0.25) is 0 Å². The highest BCUT2D eigenvalue weighted by Crippen LogP contribution is 2.29. The maximum absolute atomic E-state index is 14.9. The second-order valence-corrected chi connectivity index (χ2v) is 17.6. The largest absolute Gasteiger partial charge is 0.481 e. The van der Waals surface area contributed by atoms with Gasteiger partial charge in [-0.1, -0.05) is 71.9 Å². The van der Waals surface area contributed by atoms with Gasteiger partial charge in [0.1, 0.15) is 12.1 Å². The molecule has 5 atom stereocenters. The number of esters is 1. The van der Waals surface area contributed by atoms with Crippen molar-refractivity contribution < 1.29 is 38.6 Å². The van der Waals surface area contributed by atoms with Gasteiger partial charge in [-0.25, -0.2) is 14.6 Å². The molecule has 1 aromatic carbocycles. The van der Waals surface area contributed by atoms with Crippen molar-refractivity contribution in [1.82, 2.24) is 30.9 Å². The fourth-order valence-corrected chi connectivity index (χ4v) is 8.28. The summed E-state index contributed by atoms with van der Waals surface area (Å²) in [5, 5.41) is 16.7. The summed E-state index contributed by atoms with van der Waals surface area (Å²) in [5.74, 6) is -1.78. The van der Waals surface area contributed by atoms with Gasteiger partial charge >= 0.3 is 24.0 Å². The monoisotopic (exact) mass is 807 g/mol. The zero-order valence-corrected chi connectivity index (χ0v) is 34.7. The number of carbonyl (C=O) groups is 6. The predicted octanol–water partition coefficient (Wildman–Crippen LogP) is 3.20. The number of amides is 5. The van der Waals surface area contributed by atoms with Gasteiger partial charge in [0, 0.05) is 61.8 Å². The van der Waals surface area contributed by atoms with E-state index in [9.17, 15) is 33.9 Å². The Morgan fingerprint density at radius 3 is 1.76 bits per heavy atom. The van der Waals surface area contributed by atoms with Crippen LogP contribution in [0.5, 0.6) is 0 Å². The zero-order chi connectivity index (χ0) is 40.7. The van der Waals surface area contributed by atoms with Crippen LogP contribution in [-0.2, 0) is 23.9 Å². The quantitative estimate of drug-likeness (QED) is 0.101. The number of hydrogen-bond acceptors (Lipinski definition) is 11. The number of Topliss-reactive ketones (excluding diaryl/α,β-unsaturated/α-hetero) is 1. The van der Waals surface area contributed by atoms with Crippen LogP contribution in [0.25, 0.3) is 0 Å². The fraction of sp³-hybridized carbons (Fsp3) is 0.684. The minimum absolute atomic E-state index is 0.0241. The lowest BCUT2D eigenvalue weighted by molar-refractivity contribution is -0.159. The Bertz CT molecular complexity index is 1420. The van der Waals surface area contributed by atoms with Crippen molar-refractivity contribution in [3.05, 3.63) is 35.9 Å². The first-order chi connectivity index (χ1) is 26.1. The molecular weight excluding hydrogens is 747 g/mol. The molecular formula is C38H61N7O8S2. The minimum Gasteiger partial charge on any atom is -0.481 e. The molecule has 5 amide bonds. The molecule has 55 heavy (non-hydrogen) atoms. The second-order valence-electron chi connectivity index (χ2n) is 15.1. The number of nitrogens with one attached hydrogen (secondary N) is 3. The number of hydrogen-bond donors (Lipinski definition) is 5. The number of nitrogens with two attached hydrogens (primary N) is 1. The predicted molar refractivity (Wildman–Crippen MR) is 215 cm³/mol. The summed E-state index contributed by atoms with van der Waals surface area (Å²) in [5.41, 5.74) is 10.5. The number of thioether (sulfide) groups is 2. The van der Waals surface area contributed by atoms with Crippen LogP contribution >= 0.6 is 23.5 Å². The second kappa shape index (κ2) is 22.9. The number of hydrazine groups is 1. The third-order valence-electron chi connectivity index (χ3n) is 9.46. The molecule has 0 saturated carbocycles. The van der Waals surface area contributed by atoms with E-state index in [4.69, 9.17) is 10.5 Å². The standard InChI is InChI=1S/C38H61N7O8S2/c1-24(2)22-45(42-36(50)34(26(5)6)41-38(52)44-16-20-55-21-17-44)23-28(53-30(48)13-12-29(46)47)31(32(39)27-10-8-7-9-11-27)35(49)33(25(3)4)40-37(51)43-14-18-54-19-15-43/h7-11,24-26,28,31-34H,12-23,39H2,1-6H3,(H,40,51)(H,41,52)(H,42,50)(H,46,47)/t28?,31?,32?,33-,34-/m0/s1. The Morgan fingerprint density at radius 2 is 1.29 bits per heavy atom. The van der Waals surface area contributed by atoms with Crippen molar-refractivity contribution in [2.45, 2.75) is 78.6 Å². The van der Waals surface area contributed by atoms with Crippen molar-refractivity contribution >= 4 is 59.2 Å². The van der Waals surface area contributed by atoms with Crippen LogP contribution in [0.1, 0.15) is 66.0 Å². The summed E-state index contributed by atoms with van der Waals surface area (Å²) in [6.07, 6.45) is -2.26. The molecule has 3 unspecified atom stereocenters. The van der Waals surface area contributed by atoms with Gasteiger partial charge in [-0.15, -0.1) is 0 Å². The summed E-state index contributed by atoms with van der Waals surface area (Å²) < 4.78 is 6.02. The molecule has 2 fully saturated rings. The van der Waals surface area contributed by atoms with E-state index in [1.54, 1.807) is 68.7 Å². The normalized spacial score (nSPS) is 17.7. The van der Waals surface area contributed by atoms with Crippen LogP contribution < -0.4 is 21.8 Å². The van der Waals surface area contributed by atoms with Crippen molar-refractivity contribution in [2.24, 2.45) is 29.4 Å². The van der Waals surface area contributed by atoms with E-state index < -0.39 is 66.6 Å². The SMILES string of the molecule is CC(C)CN(CC(OC(=O)CCC(=O)O)C(C(=O)[C@@H](NC(=O)N1CCSCC1)C(C)C)C(N)c1ccccc1)NC(=O)[C@@H](NC(=O)N1CCSCC1)C(C)C. The van der Waals surface area contributed by atoms with E-state index in [1.165, 1.54) is 0 Å². The summed E-state index contributed by atoms with van der Waals surface area (Å²) in [7, 11) is 0. The molecule has 0 radical (unpaired) electrons. The van der Waals surface area contributed by atoms with Crippen LogP contribution in [0.2, 0.25) is 0 Å². The Balaban J connectivity index is 2.03. The molecule has 0 bridgehead atoms. The number of carboxylic acid groups (broad SMARTS) is 1. The van der Waals surface area contributed by atoms with Crippen LogP contribution in [0, 0.1) is 23.7 Å². The van der Waals surface area contributed by atoms with Gasteiger partial charge in [0.25, 0.3) is 5.91 Å². The molecule has 308 valence electrons. The number of carboxylic acids is 1. The summed E-state index contributed by atoms with van der Waals surface area (Å²) in [6.45, 7) is 13.4. The Labute approximate surface area is 333 Å². The maximum atomic E-state index is 14.9. The van der Waals surface area contributed by atoms with E-state index >= 15 is 0 Å². The van der Waals surface area contributed by atoms with Crippen LogP contribution in [0.4, 0.5) is 9.59 Å². The first-order valence-electron chi connectivity index (χ1n) is 19.2. The topological polar surface area (TPSA) is 204 Å². The van der Waals surface area contributed by atoms with Gasteiger partial charge in [-0.05, 0) is 23.3 Å². The zero-order valence-electron chi connectivity index (χ0n) is 33.0. The van der Waals surface area contributed by atoms with E-state index in [1.807, 2.05) is 41.5 Å². The molecule has 15 nitrogen and oxygen atoms in total. The number of ketones is 1. The highest BCUT2D eigenvalue weighted by molar-refractivity contribution is 7.99. The molecule has 2 aliphatic heterocycles. The average molecular weight is 808 g/mol. The van der Waals surface area contributed by atoms with E-state index in [0.717, 1.165) is 23.0 Å². The lowest BCUT2D eigenvalue weighted by Gasteiger charge is -2.38. The molecule has 0 aliphatic carbocycles. The number of aliphatic carboxylic acids is 1. The van der Waals surface area contributed by atoms with Gasteiger partial charge in [0.15, 0.2) is 5.78 Å². The average Bonchev–Trinajstić information content (AvgIpc) is 3.15. The summed E-state index contributed by atoms with van der Waals surface area (Å²) >= 11 is 3.51.